The maximum Gasteiger partial charge on any atom is 0.251 e. The maximum absolute atomic E-state index is 13.4. The number of halogens is 2. The zero-order valence-corrected chi connectivity index (χ0v) is 22.4. The number of nitrogens with zero attached hydrogens (tertiary/aromatic N) is 4. The van der Waals surface area contributed by atoms with Crippen molar-refractivity contribution in [2.24, 2.45) is 0 Å². The van der Waals surface area contributed by atoms with Gasteiger partial charge >= 0.3 is 0 Å². The van der Waals surface area contributed by atoms with Gasteiger partial charge in [-0.2, -0.15) is 20.7 Å². The van der Waals surface area contributed by atoms with Crippen molar-refractivity contribution < 1.29 is 9.18 Å². The zero-order chi connectivity index (χ0) is 28.3. The predicted octanol–water partition coefficient (Wildman–Crippen LogP) is 6.75. The molecular formula is C32H22ClFN6O. The van der Waals surface area contributed by atoms with Gasteiger partial charge in [-0.3, -0.25) is 4.79 Å². The summed E-state index contributed by atoms with van der Waals surface area (Å²) < 4.78 is 15.4. The minimum absolute atomic E-state index is 0.255. The largest absolute Gasteiger partial charge is 0.348 e. The summed E-state index contributed by atoms with van der Waals surface area (Å²) in [5.41, 5.74) is 6.50. The van der Waals surface area contributed by atoms with E-state index in [4.69, 9.17) is 11.6 Å². The fraction of sp³-hybridized carbons (Fsp3) is 0.0625. The number of aromatic amines is 1. The van der Waals surface area contributed by atoms with E-state index in [0.29, 0.717) is 34.8 Å². The van der Waals surface area contributed by atoms with Crippen molar-refractivity contribution in [2.45, 2.75) is 13.1 Å². The van der Waals surface area contributed by atoms with E-state index in [1.165, 1.54) is 12.1 Å². The van der Waals surface area contributed by atoms with Crippen molar-refractivity contribution in [3.8, 4) is 6.07 Å². The van der Waals surface area contributed by atoms with Crippen LogP contribution in [0, 0.1) is 17.1 Å². The predicted molar refractivity (Wildman–Crippen MR) is 157 cm³/mol. The van der Waals surface area contributed by atoms with Crippen molar-refractivity contribution in [3.05, 3.63) is 130 Å². The highest BCUT2D eigenvalue weighted by Crippen LogP contribution is 2.29. The first-order chi connectivity index (χ1) is 20.0. The molecule has 0 saturated heterocycles. The number of carbonyl (C=O) groups excluding carboxylic acids is 1. The molecule has 7 nitrogen and oxygen atoms in total. The van der Waals surface area contributed by atoms with Crippen LogP contribution < -0.4 is 5.32 Å². The number of rotatable bonds is 7. The van der Waals surface area contributed by atoms with E-state index >= 15 is 0 Å². The lowest BCUT2D eigenvalue weighted by molar-refractivity contribution is 0.0951. The molecule has 1 amide bonds. The quantitative estimate of drug-likeness (QED) is 0.211. The number of H-pyrrole nitrogens is 1. The third kappa shape index (κ3) is 5.57. The summed E-state index contributed by atoms with van der Waals surface area (Å²) in [7, 11) is 0. The number of carbonyl (C=O) groups is 1. The number of fused-ring (bicyclic) bond motifs is 2. The summed E-state index contributed by atoms with van der Waals surface area (Å²) >= 11 is 6.31. The second-order valence-electron chi connectivity index (χ2n) is 9.58. The summed E-state index contributed by atoms with van der Waals surface area (Å²) in [6.45, 7) is 0.828. The Morgan fingerprint density at radius 3 is 2.59 bits per heavy atom. The Labute approximate surface area is 239 Å². The maximum atomic E-state index is 13.4. The second kappa shape index (κ2) is 11.1. The molecule has 200 valence electrons. The molecule has 2 heterocycles. The summed E-state index contributed by atoms with van der Waals surface area (Å²) in [5, 5.41) is 25.2. The van der Waals surface area contributed by atoms with Gasteiger partial charge in [0.25, 0.3) is 5.91 Å². The highest BCUT2D eigenvalue weighted by Gasteiger charge is 2.13. The fourth-order valence-corrected chi connectivity index (χ4v) is 4.94. The lowest BCUT2D eigenvalue weighted by Crippen LogP contribution is -2.22. The molecule has 9 heteroatoms. The smallest absolute Gasteiger partial charge is 0.251 e. The van der Waals surface area contributed by atoms with Gasteiger partial charge in [0.2, 0.25) is 0 Å². The van der Waals surface area contributed by atoms with Gasteiger partial charge in [-0.15, -0.1) is 0 Å². The van der Waals surface area contributed by atoms with Crippen LogP contribution in [0.2, 0.25) is 5.02 Å². The van der Waals surface area contributed by atoms with E-state index in [2.05, 4.69) is 26.8 Å². The Morgan fingerprint density at radius 1 is 0.976 bits per heavy atom. The molecule has 0 unspecified atom stereocenters. The van der Waals surface area contributed by atoms with Crippen molar-refractivity contribution in [1.82, 2.24) is 25.3 Å². The first-order valence-electron chi connectivity index (χ1n) is 12.8. The average Bonchev–Trinajstić information content (AvgIpc) is 3.59. The molecule has 6 aromatic rings. The van der Waals surface area contributed by atoms with Gasteiger partial charge in [0, 0.05) is 40.8 Å². The Hall–Kier alpha value is -5.26. The number of amides is 1. The van der Waals surface area contributed by atoms with E-state index in [1.807, 2.05) is 47.2 Å². The van der Waals surface area contributed by atoms with Crippen LogP contribution in [-0.2, 0) is 13.1 Å². The van der Waals surface area contributed by atoms with Crippen LogP contribution in [0.1, 0.15) is 32.6 Å². The SMILES string of the molecule is N#C/C(=C\c1cn(Cc2ccc(F)cc2)c2cc(Cl)ccc12)c1cccc(C(=O)NCc2ccc3n[nH]nc3c2)c1. The molecule has 0 aliphatic heterocycles. The normalized spacial score (nSPS) is 11.6. The number of nitrogens with one attached hydrogen (secondary N) is 2. The van der Waals surface area contributed by atoms with E-state index in [9.17, 15) is 14.4 Å². The number of benzene rings is 4. The minimum atomic E-state index is -0.291. The molecule has 2 N–H and O–H groups in total. The molecule has 0 radical (unpaired) electrons. The van der Waals surface area contributed by atoms with Crippen LogP contribution in [0.15, 0.2) is 91.1 Å². The van der Waals surface area contributed by atoms with Crippen LogP contribution in [-0.4, -0.2) is 25.9 Å². The van der Waals surface area contributed by atoms with Gasteiger partial charge in [-0.25, -0.2) is 4.39 Å². The van der Waals surface area contributed by atoms with Crippen molar-refractivity contribution in [2.75, 3.05) is 0 Å². The molecule has 2 aromatic heterocycles. The van der Waals surface area contributed by atoms with Gasteiger partial charge in [-0.1, -0.05) is 48.0 Å². The molecule has 4 aromatic carbocycles. The second-order valence-corrected chi connectivity index (χ2v) is 10.0. The zero-order valence-electron chi connectivity index (χ0n) is 21.6. The molecular weight excluding hydrogens is 539 g/mol. The van der Waals surface area contributed by atoms with Gasteiger partial charge < -0.3 is 9.88 Å². The van der Waals surface area contributed by atoms with Crippen molar-refractivity contribution >= 4 is 51.1 Å². The fourth-order valence-electron chi connectivity index (χ4n) is 4.77. The lowest BCUT2D eigenvalue weighted by Gasteiger charge is -2.07. The Balaban J connectivity index is 1.27. The van der Waals surface area contributed by atoms with Crippen molar-refractivity contribution in [1.29, 1.82) is 5.26 Å². The molecule has 41 heavy (non-hydrogen) atoms. The highest BCUT2D eigenvalue weighted by molar-refractivity contribution is 6.31. The first-order valence-corrected chi connectivity index (χ1v) is 13.2. The molecule has 0 saturated carbocycles. The minimum Gasteiger partial charge on any atom is -0.348 e. The van der Waals surface area contributed by atoms with Crippen LogP contribution in [0.5, 0.6) is 0 Å². The number of allylic oxidation sites excluding steroid dienone is 1. The number of hydrogen-bond acceptors (Lipinski definition) is 4. The van der Waals surface area contributed by atoms with Crippen molar-refractivity contribution in [3.63, 3.8) is 0 Å². The summed E-state index contributed by atoms with van der Waals surface area (Å²) in [6.07, 6.45) is 3.76. The summed E-state index contributed by atoms with van der Waals surface area (Å²) in [4.78, 5) is 13.0. The van der Waals surface area contributed by atoms with Crippen LogP contribution in [0.3, 0.4) is 0 Å². The number of aromatic nitrogens is 4. The molecule has 0 aliphatic carbocycles. The lowest BCUT2D eigenvalue weighted by atomic mass is 10.0. The van der Waals surface area contributed by atoms with Gasteiger partial charge in [0.15, 0.2) is 0 Å². The van der Waals surface area contributed by atoms with Crippen LogP contribution in [0.25, 0.3) is 33.6 Å². The van der Waals surface area contributed by atoms with E-state index < -0.39 is 0 Å². The highest BCUT2D eigenvalue weighted by atomic mass is 35.5. The van der Waals surface area contributed by atoms with Crippen LogP contribution >= 0.6 is 11.6 Å². The first kappa shape index (κ1) is 26.0. The van der Waals surface area contributed by atoms with Gasteiger partial charge in [0.1, 0.15) is 16.9 Å². The Kier molecular flexibility index (Phi) is 7.02. The van der Waals surface area contributed by atoms with E-state index in [-0.39, 0.29) is 11.7 Å². The van der Waals surface area contributed by atoms with E-state index in [0.717, 1.165) is 38.6 Å². The van der Waals surface area contributed by atoms with E-state index in [1.54, 1.807) is 42.5 Å². The standard InChI is InChI=1S/C32H22ClFN6O/c33-26-7-10-28-25(19-40(31(28)15-26)18-20-4-8-27(34)9-5-20)14-24(16-35)22-2-1-3-23(13-22)32(41)36-17-21-6-11-29-30(12-21)38-39-37-29/h1-15,19H,17-18H2,(H,36,41)(H,37,38,39)/b24-14+. The Bertz CT molecular complexity index is 1980. The molecule has 0 fully saturated rings. The van der Waals surface area contributed by atoms with Gasteiger partial charge in [0.05, 0.1) is 17.2 Å². The third-order valence-corrected chi connectivity index (χ3v) is 7.07. The topological polar surface area (TPSA) is 99.4 Å². The Morgan fingerprint density at radius 2 is 1.76 bits per heavy atom. The molecule has 0 aliphatic rings. The molecule has 0 bridgehead atoms. The monoisotopic (exact) mass is 560 g/mol. The number of nitriles is 1. The summed E-state index contributed by atoms with van der Waals surface area (Å²) in [5.74, 6) is -0.546. The number of hydrogen-bond donors (Lipinski definition) is 2. The molecule has 0 atom stereocenters. The third-order valence-electron chi connectivity index (χ3n) is 6.83. The molecule has 6 rings (SSSR count). The average molecular weight is 561 g/mol. The van der Waals surface area contributed by atoms with Gasteiger partial charge in [-0.05, 0) is 71.3 Å². The molecule has 0 spiro atoms. The summed E-state index contributed by atoms with van der Waals surface area (Å²) in [6, 6.07) is 26.8. The van der Waals surface area contributed by atoms with Crippen LogP contribution in [0.4, 0.5) is 4.39 Å².